The Morgan fingerprint density at radius 3 is 2.50 bits per heavy atom. The highest BCUT2D eigenvalue weighted by Gasteiger charge is 2.45. The Kier molecular flexibility index (Phi) is 4.95. The summed E-state index contributed by atoms with van der Waals surface area (Å²) in [6.45, 7) is 6.74. The minimum Gasteiger partial charge on any atom is -0.377 e. The van der Waals surface area contributed by atoms with Crippen molar-refractivity contribution in [3.63, 3.8) is 0 Å². The third kappa shape index (κ3) is 3.28. The van der Waals surface area contributed by atoms with Crippen molar-refractivity contribution in [2.45, 2.75) is 62.9 Å². The molecule has 28 heavy (non-hydrogen) atoms. The smallest absolute Gasteiger partial charge is 0.227 e. The first-order valence-electron chi connectivity index (χ1n) is 11.3. The topological polar surface area (TPSA) is 44.7 Å². The molecule has 0 saturated carbocycles. The van der Waals surface area contributed by atoms with Crippen LogP contribution in [0.3, 0.4) is 0 Å². The van der Waals surface area contributed by atoms with Crippen LogP contribution in [0, 0.1) is 0 Å². The van der Waals surface area contributed by atoms with Gasteiger partial charge in [0.2, 0.25) is 5.95 Å². The maximum atomic E-state index is 5.87. The number of anilines is 2. The fourth-order valence-corrected chi connectivity index (χ4v) is 5.73. The van der Waals surface area contributed by atoms with Gasteiger partial charge in [0.05, 0.1) is 11.8 Å². The van der Waals surface area contributed by atoms with Crippen molar-refractivity contribution in [3.8, 4) is 0 Å². The second-order valence-corrected chi connectivity index (χ2v) is 9.48. The van der Waals surface area contributed by atoms with Gasteiger partial charge in [-0.1, -0.05) is 0 Å². The van der Waals surface area contributed by atoms with Gasteiger partial charge in [-0.2, -0.15) is 4.98 Å². The van der Waals surface area contributed by atoms with Crippen LogP contribution in [0.15, 0.2) is 0 Å². The fraction of sp³-hybridized carbons (Fsp3) is 0.818. The first kappa shape index (κ1) is 18.6. The summed E-state index contributed by atoms with van der Waals surface area (Å²) in [5, 5.41) is 0. The molecule has 1 aliphatic carbocycles. The van der Waals surface area contributed by atoms with Crippen LogP contribution in [0.1, 0.15) is 56.2 Å². The highest BCUT2D eigenvalue weighted by molar-refractivity contribution is 5.57. The minimum absolute atomic E-state index is 0.268. The van der Waals surface area contributed by atoms with Crippen LogP contribution in [-0.2, 0) is 16.6 Å². The van der Waals surface area contributed by atoms with Crippen LogP contribution < -0.4 is 9.80 Å². The van der Waals surface area contributed by atoms with Gasteiger partial charge in [-0.25, -0.2) is 4.98 Å². The van der Waals surface area contributed by atoms with E-state index < -0.39 is 0 Å². The summed E-state index contributed by atoms with van der Waals surface area (Å²) in [6, 6.07) is 0. The van der Waals surface area contributed by atoms with E-state index in [0.717, 1.165) is 38.6 Å². The number of nitrogens with zero attached hydrogens (tertiary/aromatic N) is 5. The molecule has 5 rings (SSSR count). The number of ether oxygens (including phenoxy) is 1. The van der Waals surface area contributed by atoms with E-state index in [-0.39, 0.29) is 5.41 Å². The van der Waals surface area contributed by atoms with Crippen LogP contribution in [0.4, 0.5) is 11.8 Å². The molecule has 1 aromatic rings. The van der Waals surface area contributed by atoms with Gasteiger partial charge in [0.25, 0.3) is 0 Å². The van der Waals surface area contributed by atoms with E-state index in [0.29, 0.717) is 6.10 Å². The minimum atomic E-state index is 0.268. The van der Waals surface area contributed by atoms with E-state index in [9.17, 15) is 0 Å². The predicted molar refractivity (Wildman–Crippen MR) is 112 cm³/mol. The van der Waals surface area contributed by atoms with Crippen molar-refractivity contribution in [2.75, 3.05) is 63.2 Å². The highest BCUT2D eigenvalue weighted by Crippen LogP contribution is 2.48. The fourth-order valence-electron chi connectivity index (χ4n) is 5.73. The summed E-state index contributed by atoms with van der Waals surface area (Å²) in [6.07, 6.45) is 10.4. The number of rotatable bonds is 4. The summed E-state index contributed by atoms with van der Waals surface area (Å²) >= 11 is 0. The lowest BCUT2D eigenvalue weighted by atomic mass is 9.76. The second kappa shape index (κ2) is 7.45. The number of fused-ring (bicyclic) bond motifs is 2. The zero-order valence-electron chi connectivity index (χ0n) is 17.6. The SMILES string of the molecule is CN(C)c1nc(N2CCCC2)c2c(n1)C1(CC2)CCN(CC2CCCO2)CC1. The molecule has 0 N–H and O–H groups in total. The molecule has 1 spiro atoms. The average molecular weight is 386 g/mol. The molecule has 154 valence electrons. The summed E-state index contributed by atoms with van der Waals surface area (Å²) in [4.78, 5) is 17.4. The van der Waals surface area contributed by atoms with Crippen LogP contribution in [-0.4, -0.2) is 74.4 Å². The largest absolute Gasteiger partial charge is 0.377 e. The first-order chi connectivity index (χ1) is 13.6. The standard InChI is InChI=1S/C22H35N5O/c1-25(2)21-23-19-18(20(24-21)27-11-3-4-12-27)7-8-22(19)9-13-26(14-10-22)16-17-6-5-15-28-17/h17H,3-16H2,1-2H3. The van der Waals surface area contributed by atoms with Gasteiger partial charge in [-0.3, -0.25) is 0 Å². The van der Waals surface area contributed by atoms with Crippen molar-refractivity contribution in [1.29, 1.82) is 0 Å². The molecule has 3 saturated heterocycles. The maximum Gasteiger partial charge on any atom is 0.227 e. The lowest BCUT2D eigenvalue weighted by Crippen LogP contribution is -2.44. The number of aromatic nitrogens is 2. The molecule has 0 amide bonds. The lowest BCUT2D eigenvalue weighted by Gasteiger charge is -2.40. The van der Waals surface area contributed by atoms with Crippen molar-refractivity contribution in [2.24, 2.45) is 0 Å². The Bertz CT molecular complexity index is 701. The first-order valence-corrected chi connectivity index (χ1v) is 11.3. The summed E-state index contributed by atoms with van der Waals surface area (Å²) in [5.41, 5.74) is 3.11. The molecule has 1 aromatic heterocycles. The van der Waals surface area contributed by atoms with Gasteiger partial charge in [0.15, 0.2) is 0 Å². The predicted octanol–water partition coefficient (Wildman–Crippen LogP) is 2.60. The molecule has 0 bridgehead atoms. The zero-order chi connectivity index (χ0) is 19.1. The summed E-state index contributed by atoms with van der Waals surface area (Å²) < 4.78 is 5.87. The van der Waals surface area contributed by atoms with Crippen molar-refractivity contribution >= 4 is 11.8 Å². The summed E-state index contributed by atoms with van der Waals surface area (Å²) in [5.74, 6) is 2.13. The summed E-state index contributed by atoms with van der Waals surface area (Å²) in [7, 11) is 4.14. The number of likely N-dealkylation sites (tertiary alicyclic amines) is 1. The number of piperidine rings is 1. The van der Waals surface area contributed by atoms with E-state index in [1.807, 2.05) is 0 Å². The van der Waals surface area contributed by atoms with Crippen LogP contribution in [0.25, 0.3) is 0 Å². The normalized spacial score (nSPS) is 26.9. The van der Waals surface area contributed by atoms with Crippen LogP contribution >= 0.6 is 0 Å². The zero-order valence-corrected chi connectivity index (χ0v) is 17.6. The maximum absolute atomic E-state index is 5.87. The van der Waals surface area contributed by atoms with Gasteiger partial charge in [-0.05, 0) is 64.5 Å². The molecule has 1 unspecified atom stereocenters. The van der Waals surface area contributed by atoms with Gasteiger partial charge in [0.1, 0.15) is 5.82 Å². The quantitative estimate of drug-likeness (QED) is 0.794. The molecule has 6 nitrogen and oxygen atoms in total. The molecule has 0 radical (unpaired) electrons. The van der Waals surface area contributed by atoms with E-state index in [4.69, 9.17) is 14.7 Å². The van der Waals surface area contributed by atoms with Crippen LogP contribution in [0.2, 0.25) is 0 Å². The van der Waals surface area contributed by atoms with E-state index >= 15 is 0 Å². The second-order valence-electron chi connectivity index (χ2n) is 9.48. The monoisotopic (exact) mass is 385 g/mol. The Hall–Kier alpha value is -1.40. The van der Waals surface area contributed by atoms with Gasteiger partial charge in [0, 0.05) is 51.3 Å². The third-order valence-corrected chi connectivity index (χ3v) is 7.43. The third-order valence-electron chi connectivity index (χ3n) is 7.43. The molecule has 1 atom stereocenters. The van der Waals surface area contributed by atoms with Crippen LogP contribution in [0.5, 0.6) is 0 Å². The van der Waals surface area contributed by atoms with E-state index in [1.165, 1.54) is 75.1 Å². The molecule has 4 aliphatic rings. The number of hydrogen-bond acceptors (Lipinski definition) is 6. The Morgan fingerprint density at radius 2 is 1.82 bits per heavy atom. The molecular formula is C22H35N5O. The molecule has 3 aliphatic heterocycles. The molecule has 4 heterocycles. The van der Waals surface area contributed by atoms with E-state index in [1.54, 1.807) is 0 Å². The van der Waals surface area contributed by atoms with Gasteiger partial charge in [-0.15, -0.1) is 0 Å². The lowest BCUT2D eigenvalue weighted by molar-refractivity contribution is 0.0547. The molecular weight excluding hydrogens is 350 g/mol. The molecule has 6 heteroatoms. The Labute approximate surface area is 169 Å². The molecule has 0 aromatic carbocycles. The highest BCUT2D eigenvalue weighted by atomic mass is 16.5. The molecule has 3 fully saturated rings. The Balaban J connectivity index is 1.39. The Morgan fingerprint density at radius 1 is 1.04 bits per heavy atom. The van der Waals surface area contributed by atoms with Crippen molar-refractivity contribution in [1.82, 2.24) is 14.9 Å². The van der Waals surface area contributed by atoms with Gasteiger partial charge >= 0.3 is 0 Å². The van der Waals surface area contributed by atoms with Crippen molar-refractivity contribution < 1.29 is 4.74 Å². The van der Waals surface area contributed by atoms with E-state index in [2.05, 4.69) is 28.8 Å². The number of hydrogen-bond donors (Lipinski definition) is 0. The van der Waals surface area contributed by atoms with Gasteiger partial charge < -0.3 is 19.4 Å². The average Bonchev–Trinajstić information content (AvgIpc) is 3.45. The van der Waals surface area contributed by atoms with Crippen molar-refractivity contribution in [3.05, 3.63) is 11.3 Å².